The van der Waals surface area contributed by atoms with Crippen molar-refractivity contribution in [2.45, 2.75) is 18.4 Å². The van der Waals surface area contributed by atoms with Gasteiger partial charge in [0, 0.05) is 43.6 Å². The number of likely N-dealkylation sites (tertiary alicyclic amines) is 2. The molecule has 4 rings (SSSR count). The maximum absolute atomic E-state index is 12.9. The first-order valence-electron chi connectivity index (χ1n) is 9.43. The fraction of sp³-hybridized carbons (Fsp3) is 0.450. The minimum Gasteiger partial charge on any atom is -0.497 e. The number of H-pyrrole nitrogens is 2. The molecule has 3 heterocycles. The van der Waals surface area contributed by atoms with Gasteiger partial charge in [-0.3, -0.25) is 14.6 Å². The summed E-state index contributed by atoms with van der Waals surface area (Å²) in [5.41, 5.74) is 0.0414. The Hall–Kier alpha value is -2.87. The van der Waals surface area contributed by atoms with Gasteiger partial charge in [0.1, 0.15) is 11.4 Å². The number of methoxy groups -OCH3 is 1. The molecule has 8 heteroatoms. The van der Waals surface area contributed by atoms with Crippen LogP contribution in [0.2, 0.25) is 0 Å². The van der Waals surface area contributed by atoms with Crippen LogP contribution < -0.4 is 16.0 Å². The maximum Gasteiger partial charge on any atom is 0.326 e. The van der Waals surface area contributed by atoms with Crippen LogP contribution in [0.3, 0.4) is 0 Å². The van der Waals surface area contributed by atoms with E-state index in [1.165, 1.54) is 5.56 Å². The van der Waals surface area contributed by atoms with Gasteiger partial charge in [0.05, 0.1) is 7.11 Å². The lowest BCUT2D eigenvalue weighted by atomic mass is 9.81. The molecule has 2 N–H and O–H groups in total. The quantitative estimate of drug-likeness (QED) is 0.809. The molecular weight excluding hydrogens is 360 g/mol. The second-order valence-electron chi connectivity index (χ2n) is 7.59. The largest absolute Gasteiger partial charge is 0.497 e. The molecule has 2 aliphatic rings. The van der Waals surface area contributed by atoms with Gasteiger partial charge in [0.2, 0.25) is 0 Å². The van der Waals surface area contributed by atoms with E-state index in [-0.39, 0.29) is 11.6 Å². The van der Waals surface area contributed by atoms with E-state index in [9.17, 15) is 14.4 Å². The fourth-order valence-electron chi connectivity index (χ4n) is 4.64. The number of benzene rings is 1. The summed E-state index contributed by atoms with van der Waals surface area (Å²) in [5, 5.41) is 0. The number of aromatic amines is 2. The number of carbonyl (C=O) groups excluding carboxylic acids is 1. The molecule has 2 aromatic rings. The Balaban J connectivity index is 1.57. The molecule has 0 bridgehead atoms. The second kappa shape index (κ2) is 7.27. The third-order valence-corrected chi connectivity index (χ3v) is 6.01. The van der Waals surface area contributed by atoms with Crippen LogP contribution in [0.5, 0.6) is 5.75 Å². The molecule has 0 spiro atoms. The Kier molecular flexibility index (Phi) is 4.80. The van der Waals surface area contributed by atoms with E-state index in [2.05, 4.69) is 34.0 Å². The molecule has 0 saturated carbocycles. The molecule has 2 saturated heterocycles. The third-order valence-electron chi connectivity index (χ3n) is 6.01. The standard InChI is InChI=1S/C20H24N4O4/c1-23-10-14(12-3-5-13(28-2)6-4-12)15-11-24(8-7-17(15)23)19(26)16-9-18(25)22-20(27)21-16/h3-6,9,14-15,17H,7-8,10-11H2,1-2H3,(H2,21,22,25,27)/t14-,15-,17-/m1/s1. The Morgan fingerprint density at radius 1 is 1.14 bits per heavy atom. The van der Waals surface area contributed by atoms with Gasteiger partial charge in [-0.25, -0.2) is 4.79 Å². The molecule has 2 fully saturated rings. The van der Waals surface area contributed by atoms with E-state index < -0.39 is 11.2 Å². The van der Waals surface area contributed by atoms with Crippen molar-refractivity contribution in [2.24, 2.45) is 5.92 Å². The van der Waals surface area contributed by atoms with Gasteiger partial charge in [-0.1, -0.05) is 12.1 Å². The minimum absolute atomic E-state index is 0.0412. The average Bonchev–Trinajstić information content (AvgIpc) is 3.03. The van der Waals surface area contributed by atoms with Crippen LogP contribution in [-0.4, -0.2) is 65.5 Å². The van der Waals surface area contributed by atoms with Crippen LogP contribution in [0.15, 0.2) is 39.9 Å². The predicted molar refractivity (Wildman–Crippen MR) is 104 cm³/mol. The number of rotatable bonds is 3. The van der Waals surface area contributed by atoms with Crippen molar-refractivity contribution in [1.29, 1.82) is 0 Å². The highest BCUT2D eigenvalue weighted by molar-refractivity contribution is 5.92. The van der Waals surface area contributed by atoms with Gasteiger partial charge in [-0.2, -0.15) is 0 Å². The summed E-state index contributed by atoms with van der Waals surface area (Å²) in [4.78, 5) is 44.6. The SMILES string of the molecule is COc1ccc([C@H]2CN(C)[C@@H]3CCN(C(=O)c4cc(=O)[nH]c(=O)[nH]4)C[C@H]23)cc1. The van der Waals surface area contributed by atoms with Crippen LogP contribution in [0.4, 0.5) is 0 Å². The van der Waals surface area contributed by atoms with Gasteiger partial charge in [-0.15, -0.1) is 0 Å². The van der Waals surface area contributed by atoms with E-state index in [4.69, 9.17) is 4.74 Å². The Bertz CT molecular complexity index is 952. The van der Waals surface area contributed by atoms with Crippen molar-refractivity contribution >= 4 is 5.91 Å². The predicted octanol–water partition coefficient (Wildman–Crippen LogP) is 0.632. The molecule has 0 unspecified atom stereocenters. The summed E-state index contributed by atoms with van der Waals surface area (Å²) in [6.45, 7) is 2.14. The van der Waals surface area contributed by atoms with Crippen molar-refractivity contribution < 1.29 is 9.53 Å². The van der Waals surface area contributed by atoms with Crippen molar-refractivity contribution in [3.8, 4) is 5.75 Å². The van der Waals surface area contributed by atoms with Crippen LogP contribution in [0.25, 0.3) is 0 Å². The summed E-state index contributed by atoms with van der Waals surface area (Å²) >= 11 is 0. The number of fused-ring (bicyclic) bond motifs is 1. The van der Waals surface area contributed by atoms with Crippen molar-refractivity contribution in [1.82, 2.24) is 19.8 Å². The molecule has 0 radical (unpaired) electrons. The number of nitrogens with zero attached hydrogens (tertiary/aromatic N) is 2. The number of aromatic nitrogens is 2. The van der Waals surface area contributed by atoms with E-state index in [1.54, 1.807) is 12.0 Å². The minimum atomic E-state index is -0.664. The number of carbonyl (C=O) groups is 1. The molecule has 1 aromatic heterocycles. The Morgan fingerprint density at radius 2 is 1.89 bits per heavy atom. The lowest BCUT2D eigenvalue weighted by Gasteiger charge is -2.38. The van der Waals surface area contributed by atoms with E-state index in [0.29, 0.717) is 31.0 Å². The van der Waals surface area contributed by atoms with Crippen LogP contribution in [-0.2, 0) is 0 Å². The number of piperidine rings is 1. The molecule has 148 valence electrons. The summed E-state index contributed by atoms with van der Waals surface area (Å²) in [6, 6.07) is 9.68. The lowest BCUT2D eigenvalue weighted by Crippen LogP contribution is -2.48. The summed E-state index contributed by atoms with van der Waals surface area (Å²) in [6.07, 6.45) is 0.868. The highest BCUT2D eigenvalue weighted by Gasteiger charge is 2.44. The first-order chi connectivity index (χ1) is 13.5. The van der Waals surface area contributed by atoms with E-state index in [0.717, 1.165) is 24.8 Å². The number of amides is 1. The molecular formula is C20H24N4O4. The summed E-state index contributed by atoms with van der Waals surface area (Å²) in [7, 11) is 3.78. The molecule has 1 aromatic carbocycles. The number of hydrogen-bond acceptors (Lipinski definition) is 5. The van der Waals surface area contributed by atoms with Crippen LogP contribution in [0, 0.1) is 5.92 Å². The zero-order chi connectivity index (χ0) is 19.8. The number of nitrogens with one attached hydrogen (secondary N) is 2. The molecule has 8 nitrogen and oxygen atoms in total. The van der Waals surface area contributed by atoms with Gasteiger partial charge in [0.15, 0.2) is 0 Å². The first kappa shape index (κ1) is 18.5. The third kappa shape index (κ3) is 3.35. The lowest BCUT2D eigenvalue weighted by molar-refractivity contribution is 0.0601. The molecule has 1 amide bonds. The highest BCUT2D eigenvalue weighted by atomic mass is 16.5. The zero-order valence-corrected chi connectivity index (χ0v) is 16.0. The number of hydrogen-bond donors (Lipinski definition) is 2. The molecule has 2 aliphatic heterocycles. The molecule has 28 heavy (non-hydrogen) atoms. The normalized spacial score (nSPS) is 24.8. The number of likely N-dealkylation sites (N-methyl/N-ethyl adjacent to an activating group) is 1. The monoisotopic (exact) mass is 384 g/mol. The van der Waals surface area contributed by atoms with Gasteiger partial charge in [0.25, 0.3) is 11.5 Å². The van der Waals surface area contributed by atoms with E-state index >= 15 is 0 Å². The summed E-state index contributed by atoms with van der Waals surface area (Å²) < 4.78 is 5.26. The average molecular weight is 384 g/mol. The highest BCUT2D eigenvalue weighted by Crippen LogP contribution is 2.41. The Morgan fingerprint density at radius 3 is 2.57 bits per heavy atom. The first-order valence-corrected chi connectivity index (χ1v) is 9.43. The van der Waals surface area contributed by atoms with Gasteiger partial charge < -0.3 is 19.5 Å². The molecule has 3 atom stereocenters. The van der Waals surface area contributed by atoms with Gasteiger partial charge in [-0.05, 0) is 31.2 Å². The number of ether oxygens (including phenoxy) is 1. The zero-order valence-electron chi connectivity index (χ0n) is 16.0. The van der Waals surface area contributed by atoms with Crippen molar-refractivity contribution in [2.75, 3.05) is 33.8 Å². The maximum atomic E-state index is 12.9. The second-order valence-corrected chi connectivity index (χ2v) is 7.59. The van der Waals surface area contributed by atoms with Crippen LogP contribution in [0.1, 0.15) is 28.4 Å². The Labute approximate surface area is 162 Å². The summed E-state index contributed by atoms with van der Waals surface area (Å²) in [5.74, 6) is 1.13. The van der Waals surface area contributed by atoms with Crippen LogP contribution >= 0.6 is 0 Å². The smallest absolute Gasteiger partial charge is 0.326 e. The van der Waals surface area contributed by atoms with Gasteiger partial charge >= 0.3 is 5.69 Å². The molecule has 0 aliphatic carbocycles. The van der Waals surface area contributed by atoms with E-state index in [1.807, 2.05) is 12.1 Å². The van der Waals surface area contributed by atoms with Crippen molar-refractivity contribution in [3.63, 3.8) is 0 Å². The fourth-order valence-corrected chi connectivity index (χ4v) is 4.64. The topological polar surface area (TPSA) is 98.5 Å². The van der Waals surface area contributed by atoms with Crippen molar-refractivity contribution in [3.05, 3.63) is 62.4 Å².